The number of rotatable bonds is 4. The monoisotopic (exact) mass is 338 g/mol. The topological polar surface area (TPSA) is 47.3 Å². The molecule has 0 atom stereocenters. The Morgan fingerprint density at radius 2 is 1.90 bits per heavy atom. The Balaban J connectivity index is 2.24. The van der Waals surface area contributed by atoms with Crippen LogP contribution in [0.25, 0.3) is 0 Å². The van der Waals surface area contributed by atoms with E-state index in [0.717, 1.165) is 5.69 Å². The number of nitrogens with one attached hydrogen (secondary N) is 1. The average Bonchev–Trinajstić information content (AvgIpc) is 2.32. The minimum Gasteiger partial charge on any atom is -0.491 e. The molecule has 5 heteroatoms. The maximum atomic E-state index is 13.5. The number of nitrogen functional groups attached to an aromatic ring is 1. The molecule has 0 saturated heterocycles. The number of halogens is 2. The first-order valence-corrected chi connectivity index (χ1v) is 7.02. The molecule has 2 rings (SSSR count). The van der Waals surface area contributed by atoms with Gasteiger partial charge in [-0.3, -0.25) is 0 Å². The van der Waals surface area contributed by atoms with Crippen LogP contribution >= 0.6 is 15.9 Å². The fraction of sp³-hybridized carbons (Fsp3) is 0.200. The van der Waals surface area contributed by atoms with Crippen molar-refractivity contribution in [1.29, 1.82) is 0 Å². The van der Waals surface area contributed by atoms with Gasteiger partial charge in [0.25, 0.3) is 0 Å². The van der Waals surface area contributed by atoms with Gasteiger partial charge in [-0.15, -0.1) is 0 Å². The summed E-state index contributed by atoms with van der Waals surface area (Å²) >= 11 is 3.12. The fourth-order valence-electron chi connectivity index (χ4n) is 1.78. The van der Waals surface area contributed by atoms with Crippen LogP contribution in [0.15, 0.2) is 40.9 Å². The largest absolute Gasteiger partial charge is 0.491 e. The molecule has 0 aromatic heterocycles. The molecule has 0 spiro atoms. The first-order valence-electron chi connectivity index (χ1n) is 6.23. The maximum Gasteiger partial charge on any atom is 0.139 e. The van der Waals surface area contributed by atoms with Gasteiger partial charge in [-0.05, 0) is 54.0 Å². The molecule has 0 heterocycles. The van der Waals surface area contributed by atoms with Gasteiger partial charge in [-0.2, -0.15) is 0 Å². The normalized spacial score (nSPS) is 10.7. The van der Waals surface area contributed by atoms with E-state index < -0.39 is 0 Å². The summed E-state index contributed by atoms with van der Waals surface area (Å²) in [6.45, 7) is 3.89. The van der Waals surface area contributed by atoms with Crippen LogP contribution in [-0.2, 0) is 0 Å². The maximum absolute atomic E-state index is 13.5. The van der Waals surface area contributed by atoms with E-state index in [0.29, 0.717) is 21.6 Å². The van der Waals surface area contributed by atoms with Gasteiger partial charge in [0.05, 0.1) is 10.6 Å². The summed E-state index contributed by atoms with van der Waals surface area (Å²) in [5, 5.41) is 3.11. The van der Waals surface area contributed by atoms with Crippen molar-refractivity contribution in [3.05, 3.63) is 46.7 Å². The molecule has 0 saturated carbocycles. The van der Waals surface area contributed by atoms with Crippen molar-refractivity contribution in [3.8, 4) is 5.75 Å². The van der Waals surface area contributed by atoms with Crippen LogP contribution < -0.4 is 15.8 Å². The van der Waals surface area contributed by atoms with Gasteiger partial charge in [-0.25, -0.2) is 4.39 Å². The quantitative estimate of drug-likeness (QED) is 0.794. The lowest BCUT2D eigenvalue weighted by Crippen LogP contribution is -2.06. The van der Waals surface area contributed by atoms with Gasteiger partial charge in [0, 0.05) is 29.2 Å². The summed E-state index contributed by atoms with van der Waals surface area (Å²) in [6, 6.07) is 10.2. The Morgan fingerprint density at radius 3 is 2.55 bits per heavy atom. The van der Waals surface area contributed by atoms with Crippen molar-refractivity contribution in [2.75, 3.05) is 11.1 Å². The van der Waals surface area contributed by atoms with Gasteiger partial charge >= 0.3 is 0 Å². The van der Waals surface area contributed by atoms with Gasteiger partial charge < -0.3 is 15.8 Å². The number of ether oxygens (including phenoxy) is 1. The van der Waals surface area contributed by atoms with Gasteiger partial charge in [0.15, 0.2) is 0 Å². The molecule has 0 radical (unpaired) electrons. The molecular weight excluding hydrogens is 323 g/mol. The molecule has 0 fully saturated rings. The number of hydrogen-bond acceptors (Lipinski definition) is 3. The molecule has 0 amide bonds. The Labute approximate surface area is 126 Å². The Kier molecular flexibility index (Phi) is 4.49. The zero-order chi connectivity index (χ0) is 14.7. The Bertz CT molecular complexity index is 617. The van der Waals surface area contributed by atoms with E-state index in [1.807, 2.05) is 19.9 Å². The smallest absolute Gasteiger partial charge is 0.139 e. The summed E-state index contributed by atoms with van der Waals surface area (Å²) in [4.78, 5) is 0. The number of hydrogen-bond donors (Lipinski definition) is 2. The van der Waals surface area contributed by atoms with Crippen molar-refractivity contribution in [2.24, 2.45) is 0 Å². The molecule has 3 N–H and O–H groups in total. The lowest BCUT2D eigenvalue weighted by Gasteiger charge is -2.13. The van der Waals surface area contributed by atoms with E-state index in [2.05, 4.69) is 21.2 Å². The molecule has 0 aliphatic carbocycles. The van der Waals surface area contributed by atoms with E-state index in [9.17, 15) is 4.39 Å². The number of benzene rings is 2. The SMILES string of the molecule is CC(C)Oc1cc(N)cc(Nc2ccc(Br)c(F)c2)c1. The highest BCUT2D eigenvalue weighted by molar-refractivity contribution is 9.10. The minimum absolute atomic E-state index is 0.0646. The van der Waals surface area contributed by atoms with Crippen molar-refractivity contribution >= 4 is 33.0 Å². The average molecular weight is 339 g/mol. The molecule has 2 aromatic rings. The highest BCUT2D eigenvalue weighted by Crippen LogP contribution is 2.27. The number of anilines is 3. The molecule has 2 aromatic carbocycles. The van der Waals surface area contributed by atoms with E-state index in [4.69, 9.17) is 10.5 Å². The van der Waals surface area contributed by atoms with Crippen molar-refractivity contribution in [1.82, 2.24) is 0 Å². The first-order chi connectivity index (χ1) is 9.44. The number of nitrogens with two attached hydrogens (primary N) is 1. The van der Waals surface area contributed by atoms with Crippen molar-refractivity contribution in [2.45, 2.75) is 20.0 Å². The summed E-state index contributed by atoms with van der Waals surface area (Å²) < 4.78 is 19.5. The summed E-state index contributed by atoms with van der Waals surface area (Å²) in [6.07, 6.45) is 0.0646. The lowest BCUT2D eigenvalue weighted by atomic mass is 10.2. The highest BCUT2D eigenvalue weighted by atomic mass is 79.9. The second-order valence-corrected chi connectivity index (χ2v) is 5.57. The second-order valence-electron chi connectivity index (χ2n) is 4.71. The van der Waals surface area contributed by atoms with Crippen LogP contribution in [0.4, 0.5) is 21.5 Å². The van der Waals surface area contributed by atoms with Crippen LogP contribution in [0.1, 0.15) is 13.8 Å². The predicted octanol–water partition coefficient (Wildman–Crippen LogP) is 4.70. The highest BCUT2D eigenvalue weighted by Gasteiger charge is 2.05. The standard InChI is InChI=1S/C15H16BrFN2O/c1-9(2)20-13-6-10(18)5-12(7-13)19-11-3-4-14(16)15(17)8-11/h3-9,19H,18H2,1-2H3. The van der Waals surface area contributed by atoms with E-state index in [1.165, 1.54) is 6.07 Å². The first kappa shape index (κ1) is 14.7. The molecule has 0 aliphatic rings. The van der Waals surface area contributed by atoms with E-state index in [-0.39, 0.29) is 11.9 Å². The predicted molar refractivity (Wildman–Crippen MR) is 84.0 cm³/mol. The summed E-state index contributed by atoms with van der Waals surface area (Å²) in [5.74, 6) is 0.359. The molecule has 20 heavy (non-hydrogen) atoms. The van der Waals surface area contributed by atoms with Gasteiger partial charge in [0.2, 0.25) is 0 Å². The minimum atomic E-state index is -0.322. The zero-order valence-electron chi connectivity index (χ0n) is 11.3. The third kappa shape index (κ3) is 3.87. The van der Waals surface area contributed by atoms with Crippen LogP contribution in [0.2, 0.25) is 0 Å². The molecule has 0 aliphatic heterocycles. The van der Waals surface area contributed by atoms with E-state index in [1.54, 1.807) is 24.3 Å². The van der Waals surface area contributed by atoms with Crippen LogP contribution in [0.5, 0.6) is 5.75 Å². The summed E-state index contributed by atoms with van der Waals surface area (Å²) in [5.41, 5.74) is 7.82. The third-order valence-corrected chi connectivity index (χ3v) is 3.15. The van der Waals surface area contributed by atoms with Crippen molar-refractivity contribution in [3.63, 3.8) is 0 Å². The van der Waals surface area contributed by atoms with Gasteiger partial charge in [-0.1, -0.05) is 0 Å². The van der Waals surface area contributed by atoms with Gasteiger partial charge in [0.1, 0.15) is 11.6 Å². The second kappa shape index (κ2) is 6.13. The molecule has 0 bridgehead atoms. The molecular formula is C15H16BrFN2O. The van der Waals surface area contributed by atoms with Crippen molar-refractivity contribution < 1.29 is 9.13 Å². The Hall–Kier alpha value is -1.75. The zero-order valence-corrected chi connectivity index (χ0v) is 12.9. The van der Waals surface area contributed by atoms with Crippen LogP contribution in [-0.4, -0.2) is 6.10 Å². The Morgan fingerprint density at radius 1 is 1.15 bits per heavy atom. The van der Waals surface area contributed by atoms with Crippen LogP contribution in [0, 0.1) is 5.82 Å². The fourth-order valence-corrected chi connectivity index (χ4v) is 2.02. The molecule has 0 unspecified atom stereocenters. The summed E-state index contributed by atoms with van der Waals surface area (Å²) in [7, 11) is 0. The molecule has 106 valence electrons. The third-order valence-electron chi connectivity index (χ3n) is 2.51. The van der Waals surface area contributed by atoms with E-state index >= 15 is 0 Å². The lowest BCUT2D eigenvalue weighted by molar-refractivity contribution is 0.242. The van der Waals surface area contributed by atoms with Crippen LogP contribution in [0.3, 0.4) is 0 Å². The molecule has 3 nitrogen and oxygen atoms in total.